The van der Waals surface area contributed by atoms with Gasteiger partial charge in [0.05, 0.1) is 16.7 Å². The van der Waals surface area contributed by atoms with Crippen LogP contribution >= 0.6 is 11.8 Å². The molecule has 11 heteroatoms. The first-order chi connectivity index (χ1) is 16.8. The van der Waals surface area contributed by atoms with E-state index in [4.69, 9.17) is 0 Å². The molecule has 1 aromatic heterocycles. The minimum Gasteiger partial charge on any atom is -0.342 e. The Kier molecular flexibility index (Phi) is 8.74. The molecular weight excluding hydrogens is 468 g/mol. The number of benzene rings is 2. The summed E-state index contributed by atoms with van der Waals surface area (Å²) < 4.78 is 1.83. The van der Waals surface area contributed by atoms with Crippen molar-refractivity contribution in [2.75, 3.05) is 11.1 Å². The molecule has 1 atom stereocenters. The maximum Gasteiger partial charge on any atom is 0.269 e. The van der Waals surface area contributed by atoms with Crippen LogP contribution < -0.4 is 10.6 Å². The van der Waals surface area contributed by atoms with Gasteiger partial charge in [0.1, 0.15) is 0 Å². The summed E-state index contributed by atoms with van der Waals surface area (Å²) in [4.78, 5) is 35.5. The van der Waals surface area contributed by atoms with Gasteiger partial charge in [-0.2, -0.15) is 0 Å². The SMILES string of the molecule is C=CCn1c(SCC(=O)Nc2ccc([N+](=O)[O-])cc2)nnc1[C@@H](NC(=O)c1ccccc1)C(C)C. The van der Waals surface area contributed by atoms with E-state index in [0.29, 0.717) is 28.8 Å². The fraction of sp³-hybridized carbons (Fsp3) is 0.250. The summed E-state index contributed by atoms with van der Waals surface area (Å²) >= 11 is 1.20. The van der Waals surface area contributed by atoms with Crippen molar-refractivity contribution < 1.29 is 14.5 Å². The molecule has 10 nitrogen and oxygen atoms in total. The van der Waals surface area contributed by atoms with Gasteiger partial charge in [-0.05, 0) is 30.2 Å². The zero-order valence-electron chi connectivity index (χ0n) is 19.4. The summed E-state index contributed by atoms with van der Waals surface area (Å²) in [5, 5.41) is 25.6. The Balaban J connectivity index is 1.71. The van der Waals surface area contributed by atoms with Gasteiger partial charge in [0.2, 0.25) is 5.91 Å². The lowest BCUT2D eigenvalue weighted by Crippen LogP contribution is -2.33. The largest absolute Gasteiger partial charge is 0.342 e. The molecular formula is C24H26N6O4S. The lowest BCUT2D eigenvalue weighted by atomic mass is 10.0. The van der Waals surface area contributed by atoms with Gasteiger partial charge in [-0.1, -0.05) is 49.9 Å². The number of carbonyl (C=O) groups excluding carboxylic acids is 2. The zero-order valence-corrected chi connectivity index (χ0v) is 20.2. The molecule has 0 aliphatic heterocycles. The van der Waals surface area contributed by atoms with Gasteiger partial charge in [-0.15, -0.1) is 16.8 Å². The van der Waals surface area contributed by atoms with Gasteiger partial charge in [0, 0.05) is 29.9 Å². The van der Waals surface area contributed by atoms with Crippen LogP contribution in [0.25, 0.3) is 0 Å². The predicted octanol–water partition coefficient (Wildman–Crippen LogP) is 4.23. The highest BCUT2D eigenvalue weighted by Gasteiger charge is 2.26. The van der Waals surface area contributed by atoms with Crippen LogP contribution in [0.2, 0.25) is 0 Å². The number of rotatable bonds is 11. The highest BCUT2D eigenvalue weighted by Crippen LogP contribution is 2.26. The number of aromatic nitrogens is 3. The van der Waals surface area contributed by atoms with E-state index in [2.05, 4.69) is 27.4 Å². The van der Waals surface area contributed by atoms with Crippen molar-refractivity contribution in [3.8, 4) is 0 Å². The van der Waals surface area contributed by atoms with Crippen LogP contribution in [0.1, 0.15) is 36.1 Å². The number of allylic oxidation sites excluding steroid dienone is 1. The summed E-state index contributed by atoms with van der Waals surface area (Å²) in [7, 11) is 0. The Morgan fingerprint density at radius 3 is 2.43 bits per heavy atom. The summed E-state index contributed by atoms with van der Waals surface area (Å²) in [6, 6.07) is 14.1. The van der Waals surface area contributed by atoms with Gasteiger partial charge in [-0.25, -0.2) is 0 Å². The van der Waals surface area contributed by atoms with Crippen molar-refractivity contribution >= 4 is 35.0 Å². The Morgan fingerprint density at radius 2 is 1.83 bits per heavy atom. The number of thioether (sulfide) groups is 1. The van der Waals surface area contributed by atoms with E-state index in [1.807, 2.05) is 24.5 Å². The van der Waals surface area contributed by atoms with E-state index in [-0.39, 0.29) is 29.2 Å². The maximum absolute atomic E-state index is 12.8. The number of nitrogens with one attached hydrogen (secondary N) is 2. The third-order valence-electron chi connectivity index (χ3n) is 5.02. The molecule has 0 radical (unpaired) electrons. The van der Waals surface area contributed by atoms with Crippen molar-refractivity contribution in [1.29, 1.82) is 0 Å². The maximum atomic E-state index is 12.8. The second-order valence-corrected chi connectivity index (χ2v) is 8.88. The minimum atomic E-state index is -0.502. The zero-order chi connectivity index (χ0) is 25.4. The van der Waals surface area contributed by atoms with Crippen LogP contribution in [0, 0.1) is 16.0 Å². The number of hydrogen-bond acceptors (Lipinski definition) is 7. The number of non-ortho nitro benzene ring substituents is 1. The highest BCUT2D eigenvalue weighted by atomic mass is 32.2. The number of nitrogens with zero attached hydrogens (tertiary/aromatic N) is 4. The average Bonchev–Trinajstić information content (AvgIpc) is 3.24. The quantitative estimate of drug-likeness (QED) is 0.176. The number of anilines is 1. The molecule has 0 saturated heterocycles. The van der Waals surface area contributed by atoms with Crippen LogP contribution in [0.3, 0.4) is 0 Å². The molecule has 0 aliphatic rings. The van der Waals surface area contributed by atoms with Gasteiger partial charge in [0.15, 0.2) is 11.0 Å². The first-order valence-electron chi connectivity index (χ1n) is 10.9. The molecule has 182 valence electrons. The first-order valence-corrected chi connectivity index (χ1v) is 11.9. The van der Waals surface area contributed by atoms with Crippen LogP contribution in [0.15, 0.2) is 72.4 Å². The Hall–Kier alpha value is -3.99. The van der Waals surface area contributed by atoms with Crippen LogP contribution in [0.4, 0.5) is 11.4 Å². The molecule has 2 amide bonds. The van der Waals surface area contributed by atoms with E-state index in [1.54, 1.807) is 30.3 Å². The summed E-state index contributed by atoms with van der Waals surface area (Å²) in [5.41, 5.74) is 0.949. The molecule has 0 spiro atoms. The molecule has 35 heavy (non-hydrogen) atoms. The van der Waals surface area contributed by atoms with Gasteiger partial charge < -0.3 is 15.2 Å². The lowest BCUT2D eigenvalue weighted by Gasteiger charge is -2.22. The van der Waals surface area contributed by atoms with Gasteiger partial charge >= 0.3 is 0 Å². The van der Waals surface area contributed by atoms with Crippen LogP contribution in [-0.2, 0) is 11.3 Å². The molecule has 2 aromatic carbocycles. The van der Waals surface area contributed by atoms with Crippen molar-refractivity contribution in [1.82, 2.24) is 20.1 Å². The van der Waals surface area contributed by atoms with Crippen LogP contribution in [-0.4, -0.2) is 37.3 Å². The molecule has 1 heterocycles. The second-order valence-electron chi connectivity index (χ2n) is 7.94. The van der Waals surface area contributed by atoms with E-state index in [0.717, 1.165) is 0 Å². The normalized spacial score (nSPS) is 11.6. The highest BCUT2D eigenvalue weighted by molar-refractivity contribution is 7.99. The topological polar surface area (TPSA) is 132 Å². The van der Waals surface area contributed by atoms with E-state index < -0.39 is 11.0 Å². The molecule has 0 bridgehead atoms. The molecule has 0 saturated carbocycles. The molecule has 2 N–H and O–H groups in total. The lowest BCUT2D eigenvalue weighted by molar-refractivity contribution is -0.384. The number of amides is 2. The summed E-state index contributed by atoms with van der Waals surface area (Å²) in [5.74, 6) is 0.140. The molecule has 0 fully saturated rings. The van der Waals surface area contributed by atoms with Gasteiger partial charge in [0.25, 0.3) is 11.6 Å². The number of nitro groups is 1. The minimum absolute atomic E-state index is 0.0266. The second kappa shape index (κ2) is 11.9. The first kappa shape index (κ1) is 25.6. The predicted molar refractivity (Wildman–Crippen MR) is 134 cm³/mol. The smallest absolute Gasteiger partial charge is 0.269 e. The van der Waals surface area contributed by atoms with Crippen LogP contribution in [0.5, 0.6) is 0 Å². The Morgan fingerprint density at radius 1 is 1.14 bits per heavy atom. The average molecular weight is 495 g/mol. The van der Waals surface area contributed by atoms with Crippen molar-refractivity contribution in [3.05, 3.63) is 88.8 Å². The third-order valence-corrected chi connectivity index (χ3v) is 5.99. The van der Waals surface area contributed by atoms with E-state index in [9.17, 15) is 19.7 Å². The molecule has 0 aliphatic carbocycles. The summed E-state index contributed by atoms with van der Waals surface area (Å²) in [6.45, 7) is 8.16. The van der Waals surface area contributed by atoms with Crippen molar-refractivity contribution in [2.24, 2.45) is 5.92 Å². The van der Waals surface area contributed by atoms with E-state index in [1.165, 1.54) is 36.0 Å². The van der Waals surface area contributed by atoms with Crippen molar-refractivity contribution in [3.63, 3.8) is 0 Å². The molecule has 0 unspecified atom stereocenters. The number of nitro benzene ring substituents is 1. The number of hydrogen-bond donors (Lipinski definition) is 2. The number of carbonyl (C=O) groups is 2. The Labute approximate surface area is 207 Å². The van der Waals surface area contributed by atoms with Crippen molar-refractivity contribution in [2.45, 2.75) is 31.6 Å². The van der Waals surface area contributed by atoms with E-state index >= 15 is 0 Å². The molecule has 3 aromatic rings. The Bertz CT molecular complexity index is 1190. The standard InChI is InChI=1S/C24H26N6O4S/c1-4-14-29-22(21(16(2)3)26-23(32)17-8-6-5-7-9-17)27-28-24(29)35-15-20(31)25-18-10-12-19(13-11-18)30(33)34/h4-13,16,21H,1,14-15H2,2-3H3,(H,25,31)(H,26,32)/t21-/m0/s1. The summed E-state index contributed by atoms with van der Waals surface area (Å²) in [6.07, 6.45) is 1.70. The third kappa shape index (κ3) is 6.76. The fourth-order valence-electron chi connectivity index (χ4n) is 3.27. The monoisotopic (exact) mass is 494 g/mol. The molecule has 3 rings (SSSR count). The fourth-order valence-corrected chi connectivity index (χ4v) is 4.03. The van der Waals surface area contributed by atoms with Gasteiger partial charge in [-0.3, -0.25) is 19.7 Å².